The number of rotatable bonds is 22. The molecule has 8 aromatic carbocycles. The molecule has 0 amide bonds. The highest BCUT2D eigenvalue weighted by Crippen LogP contribution is 2.38. The predicted octanol–water partition coefficient (Wildman–Crippen LogP) is 12.4. The fraction of sp³-hybridized carbons (Fsp3) is 0.0370. The van der Waals surface area contributed by atoms with Crippen LogP contribution in [0.4, 0.5) is 45.5 Å². The Labute approximate surface area is 516 Å². The standard InChI is InChI=1S/C54H42N10O21S6/c1-83-49-27-39(57-55-37-5-3-7-45(25-37)86(65,66)67)19-23-47(49)61-59-41-17-13-33(51(29-41)88(71,72)73)9-11-35-15-21-43(31-53(35)90(77,78)79)63-64(85-63)44-22-16-36(54(32-44)91(80,81)82)12-10-34-14-18-42(30-52(34)89(74,75)76)60-62-48-24-20-40(28-50(48)84-2)58-56-38-6-4-8-46(26-38)87(68,69)70/h3-32H,1-2H3,(H,65,66,67)(H,68,69,70)(H,71,72,73)(H,74,75,76)(H,77,78,79)(H,80,81,82)/b11-9+,12-10+,57-55?,58-56?,61-59?,62-60?. The lowest BCUT2D eigenvalue weighted by atomic mass is 10.1. The number of ether oxygens (including phenoxy) is 2. The minimum atomic E-state index is -5.07. The van der Waals surface area contributed by atoms with E-state index in [9.17, 15) is 77.8 Å². The number of aromatic nitrogens is 2. The summed E-state index contributed by atoms with van der Waals surface area (Å²) in [5.74, 6) is 0.250. The molecule has 0 spiro atoms. The lowest BCUT2D eigenvalue weighted by molar-refractivity contribution is 0.416. The Morgan fingerprint density at radius 2 is 0.615 bits per heavy atom. The van der Waals surface area contributed by atoms with Crippen molar-refractivity contribution < 1.29 is 91.9 Å². The maximum Gasteiger partial charge on any atom is 0.295 e. The van der Waals surface area contributed by atoms with Gasteiger partial charge in [0.25, 0.3) is 60.7 Å². The molecule has 6 N–H and O–H groups in total. The van der Waals surface area contributed by atoms with Crippen molar-refractivity contribution >= 4 is 131 Å². The molecule has 91 heavy (non-hydrogen) atoms. The predicted molar refractivity (Wildman–Crippen MR) is 323 cm³/mol. The molecular formula is C54H42N10O21S6. The zero-order valence-electron chi connectivity index (χ0n) is 46.0. The second kappa shape index (κ2) is 25.9. The van der Waals surface area contributed by atoms with Gasteiger partial charge in [0.05, 0.1) is 58.1 Å². The van der Waals surface area contributed by atoms with Gasteiger partial charge in [0.1, 0.15) is 53.8 Å². The van der Waals surface area contributed by atoms with Crippen LogP contribution in [0.2, 0.25) is 0 Å². The van der Waals surface area contributed by atoms with Crippen LogP contribution < -0.4 is 9.47 Å². The van der Waals surface area contributed by atoms with Gasteiger partial charge in [-0.2, -0.15) is 81.2 Å². The fourth-order valence-electron chi connectivity index (χ4n) is 8.11. The molecule has 0 saturated carbocycles. The Balaban J connectivity index is 0.911. The van der Waals surface area contributed by atoms with Crippen LogP contribution >= 0.6 is 0 Å². The van der Waals surface area contributed by atoms with Crippen molar-refractivity contribution in [2.75, 3.05) is 14.2 Å². The number of azo groups is 4. The summed E-state index contributed by atoms with van der Waals surface area (Å²) in [5.41, 5.74) is -0.153. The summed E-state index contributed by atoms with van der Waals surface area (Å²) in [7, 11) is -26.5. The minimum absolute atomic E-state index is 0.0715. The van der Waals surface area contributed by atoms with Gasteiger partial charge in [0.2, 0.25) is 0 Å². The molecule has 470 valence electrons. The highest BCUT2D eigenvalue weighted by molar-refractivity contribution is 7.87. The highest BCUT2D eigenvalue weighted by Gasteiger charge is 2.25. The van der Waals surface area contributed by atoms with Crippen LogP contribution in [0.1, 0.15) is 22.3 Å². The first-order valence-corrected chi connectivity index (χ1v) is 33.7. The van der Waals surface area contributed by atoms with Gasteiger partial charge in [-0.3, -0.25) is 27.3 Å². The molecule has 0 saturated heterocycles. The summed E-state index contributed by atoms with van der Waals surface area (Å²) in [6, 6.07) is 32.5. The molecule has 0 aliphatic heterocycles. The van der Waals surface area contributed by atoms with Gasteiger partial charge in [-0.05, 0) is 131 Å². The molecule has 0 atom stereocenters. The van der Waals surface area contributed by atoms with Gasteiger partial charge in [-0.25, -0.2) is 4.63 Å². The summed E-state index contributed by atoms with van der Waals surface area (Å²) in [6.07, 6.45) is 4.45. The molecule has 0 unspecified atom stereocenters. The Kier molecular flexibility index (Phi) is 18.7. The quantitative estimate of drug-likeness (QED) is 0.0208. The van der Waals surface area contributed by atoms with Crippen molar-refractivity contribution in [1.29, 1.82) is 0 Å². The summed E-state index contributed by atoms with van der Waals surface area (Å²) < 4.78 is 224. The third-order valence-corrected chi connectivity index (χ3v) is 17.7. The Bertz CT molecular complexity index is 4970. The van der Waals surface area contributed by atoms with Crippen molar-refractivity contribution in [3.05, 3.63) is 180 Å². The van der Waals surface area contributed by atoms with Crippen molar-refractivity contribution in [1.82, 2.24) is 9.71 Å². The number of hydrogen-bond acceptors (Lipinski definition) is 23. The molecule has 0 aliphatic rings. The number of benzene rings is 8. The third kappa shape index (κ3) is 16.5. The molecule has 0 fully saturated rings. The number of hydrogen-bond donors (Lipinski definition) is 6. The van der Waals surface area contributed by atoms with Gasteiger partial charge in [0.15, 0.2) is 0 Å². The minimum Gasteiger partial charge on any atom is -0.494 e. The van der Waals surface area contributed by atoms with Crippen LogP contribution in [0.5, 0.6) is 11.5 Å². The van der Waals surface area contributed by atoms with Gasteiger partial charge in [-0.1, -0.05) is 70.4 Å². The van der Waals surface area contributed by atoms with Crippen molar-refractivity contribution in [3.63, 3.8) is 0 Å². The molecule has 0 radical (unpaired) electrons. The summed E-state index contributed by atoms with van der Waals surface area (Å²) >= 11 is 0. The molecule has 0 bridgehead atoms. The van der Waals surface area contributed by atoms with Crippen LogP contribution in [0.3, 0.4) is 0 Å². The molecular weight excluding hydrogens is 1320 g/mol. The molecule has 37 heteroatoms. The lowest BCUT2D eigenvalue weighted by Crippen LogP contribution is -2.04. The summed E-state index contributed by atoms with van der Waals surface area (Å²) in [4.78, 5) is -1.74. The second-order valence-electron chi connectivity index (χ2n) is 18.5. The fourth-order valence-corrected chi connectivity index (χ4v) is 12.0. The lowest BCUT2D eigenvalue weighted by Gasteiger charge is -2.07. The Morgan fingerprint density at radius 1 is 0.330 bits per heavy atom. The molecule has 1 heterocycles. The van der Waals surface area contributed by atoms with E-state index in [2.05, 4.69) is 40.9 Å². The van der Waals surface area contributed by atoms with Crippen molar-refractivity contribution in [2.45, 2.75) is 29.4 Å². The molecule has 0 aliphatic carbocycles. The van der Waals surface area contributed by atoms with E-state index < -0.39 is 90.1 Å². The maximum atomic E-state index is 12.8. The first-order chi connectivity index (χ1) is 42.7. The van der Waals surface area contributed by atoms with E-state index in [1.807, 2.05) is 0 Å². The monoisotopic (exact) mass is 1360 g/mol. The molecule has 1 aromatic heterocycles. The van der Waals surface area contributed by atoms with E-state index in [1.165, 1.54) is 136 Å². The van der Waals surface area contributed by atoms with Crippen LogP contribution in [0.15, 0.2) is 233 Å². The van der Waals surface area contributed by atoms with Crippen LogP contribution in [-0.4, -0.2) is 102 Å². The summed E-state index contributed by atoms with van der Waals surface area (Å²) in [6.45, 7) is 0. The first-order valence-electron chi connectivity index (χ1n) is 25.0. The number of methoxy groups -OCH3 is 2. The molecule has 9 rings (SSSR count). The summed E-state index contributed by atoms with van der Waals surface area (Å²) in [5, 5.41) is 32.3. The third-order valence-electron chi connectivity index (χ3n) is 12.4. The second-order valence-corrected chi connectivity index (χ2v) is 26.9. The van der Waals surface area contributed by atoms with E-state index in [0.717, 1.165) is 70.4 Å². The Hall–Kier alpha value is -9.90. The van der Waals surface area contributed by atoms with Gasteiger partial charge >= 0.3 is 0 Å². The molecule has 9 aromatic rings. The van der Waals surface area contributed by atoms with Gasteiger partial charge in [-0.15, -0.1) is 10.2 Å². The largest absolute Gasteiger partial charge is 0.494 e. The first kappa shape index (κ1) is 65.5. The van der Waals surface area contributed by atoms with E-state index in [-0.39, 0.29) is 90.6 Å². The van der Waals surface area contributed by atoms with Crippen molar-refractivity contribution in [3.8, 4) is 22.9 Å². The van der Waals surface area contributed by atoms with Crippen LogP contribution in [0, 0.1) is 0 Å². The van der Waals surface area contributed by atoms with E-state index in [4.69, 9.17) is 14.1 Å². The van der Waals surface area contributed by atoms with E-state index in [1.54, 1.807) is 0 Å². The van der Waals surface area contributed by atoms with Gasteiger partial charge < -0.3 is 9.47 Å². The Morgan fingerprint density at radius 3 is 0.934 bits per heavy atom. The zero-order valence-corrected chi connectivity index (χ0v) is 50.9. The van der Waals surface area contributed by atoms with E-state index in [0.29, 0.717) is 0 Å². The molecule has 31 nitrogen and oxygen atoms in total. The smallest absolute Gasteiger partial charge is 0.295 e. The average molecular weight is 1360 g/mol. The van der Waals surface area contributed by atoms with Gasteiger partial charge in [0, 0.05) is 12.1 Å². The highest BCUT2D eigenvalue weighted by atomic mass is 32.2. The zero-order chi connectivity index (χ0) is 65.8. The van der Waals surface area contributed by atoms with Crippen molar-refractivity contribution in [2.24, 2.45) is 40.9 Å². The average Bonchev–Trinajstić information content (AvgIpc) is 1.75. The topological polar surface area (TPSA) is 467 Å². The van der Waals surface area contributed by atoms with E-state index >= 15 is 0 Å². The van der Waals surface area contributed by atoms with Crippen LogP contribution in [-0.2, 0) is 60.7 Å². The SMILES string of the molecule is COc1cc(N=Nc2cccc(S(=O)(=O)O)c2)ccc1N=Nc1ccc(/C=C/c2ccc(-n3on3-c3ccc(/C=C/c4ccc(N=Nc5ccc(N=Nc6cccc(S(=O)(=O)O)c6)cc5OC)cc4S(=O)(=O)O)c(S(=O)(=O)O)c3)cc2S(=O)(=O)O)c(S(=O)(=O)O)c1. The maximum absolute atomic E-state index is 12.8. The van der Waals surface area contributed by atoms with Crippen LogP contribution in [0.25, 0.3) is 35.7 Å². The normalized spacial score (nSPS) is 13.1. The number of nitrogens with zero attached hydrogens (tertiary/aromatic N) is 10.